The van der Waals surface area contributed by atoms with Crippen LogP contribution in [0.25, 0.3) is 0 Å². The second-order valence-electron chi connectivity index (χ2n) is 20.9. The molecule has 1 aliphatic heterocycles. The number of nitrogens with one attached hydrogen (secondary N) is 1. The molecule has 29 heteroatoms. The molecular weight excluding hydrogens is 1320 g/mol. The van der Waals surface area contributed by atoms with Crippen LogP contribution in [-0.2, 0) is 36.3 Å². The minimum atomic E-state index is -0.903. The average molecular weight is 1400 g/mol. The van der Waals surface area contributed by atoms with E-state index >= 15 is 0 Å². The highest BCUT2D eigenvalue weighted by Crippen LogP contribution is 3.04. The molecular formula is C60H75F4N4O12P9. The molecule has 10 atom stereocenters. The second-order valence-corrected chi connectivity index (χ2v) is 51.6. The summed E-state index contributed by atoms with van der Waals surface area (Å²) >= 11 is 0. The normalized spacial score (nSPS) is 18.0. The summed E-state index contributed by atoms with van der Waals surface area (Å²) < 4.78 is 77.6. The van der Waals surface area contributed by atoms with E-state index in [0.29, 0.717) is 32.4 Å². The number of aliphatic hydroxyl groups is 2. The van der Waals surface area contributed by atoms with Gasteiger partial charge in [0.2, 0.25) is 16.6 Å². The molecule has 2 aromatic heterocycles. The smallest absolute Gasteiger partial charge is 0.378 e. The van der Waals surface area contributed by atoms with Crippen molar-refractivity contribution < 1.29 is 65.6 Å². The van der Waals surface area contributed by atoms with E-state index in [-0.39, 0.29) is 124 Å². The number of aromatic nitrogens is 1. The molecule has 0 radical (unpaired) electrons. The van der Waals surface area contributed by atoms with Crippen molar-refractivity contribution in [3.8, 4) is 11.5 Å². The second kappa shape index (κ2) is 35.4. The van der Waals surface area contributed by atoms with E-state index in [9.17, 15) is 51.4 Å². The van der Waals surface area contributed by atoms with Gasteiger partial charge in [0.1, 0.15) is 48.3 Å². The monoisotopic (exact) mass is 1400 g/mol. The van der Waals surface area contributed by atoms with Gasteiger partial charge in [-0.15, -0.1) is 44.6 Å². The lowest BCUT2D eigenvalue weighted by atomic mass is 10.00. The number of aliphatic hydroxyl groups excluding tert-OH is 2. The summed E-state index contributed by atoms with van der Waals surface area (Å²) in [5, 5.41) is 21.9. The van der Waals surface area contributed by atoms with Crippen molar-refractivity contribution in [2.75, 3.05) is 46.0 Å². The summed E-state index contributed by atoms with van der Waals surface area (Å²) in [7, 11) is 15.6. The Balaban J connectivity index is 0.000000221. The molecule has 2 aliphatic carbocycles. The largest absolute Gasteiger partial charge is 0.483 e. The standard InChI is InChI=1S/C29H28F2N2O5.C24H20F2O6.C7H16N2O.H11P9/c1-2-32-17-29(13-20(29)15-34)33-14-22(24(35)11-9-19-8-10-21(30)12-23(19)31)26(36)27(25(33)28(32)37)38-16-18-6-4-3-5-7-18;1-2-30-24(29)23-22(31-13-15-6-4-3-5-7-15)21(28)18(14-32-23)20(27)11-9-16-8-10-17(25)12-19(16)26;1-2-9-5-7(8)3-6(7)4-10;1-6-9(7(2)3)8(4)5/h3-8,10,12,14,20,34H,2,9,11,13,15-17H2,1H3;3-8,10,12,14H,2,9,11,13H2,1H3;6,9-10H,2-5,8H2,1H3;6H,1-5H2/t20-,29-;;6-,7-;/m1.1./s1. The van der Waals surface area contributed by atoms with Crippen LogP contribution in [0.2, 0.25) is 0 Å². The topological polar surface area (TPSA) is 230 Å². The molecule has 1 amide bonds. The number of aryl methyl sites for hydroxylation is 2. The van der Waals surface area contributed by atoms with Gasteiger partial charge in [0.25, 0.3) is 11.7 Å². The summed E-state index contributed by atoms with van der Waals surface area (Å²) in [5.74, 6) is -6.36. The number of Topliss-reactive ketones (excluding diaryl/α,β-unsaturated/α-hetero) is 2. The highest BCUT2D eigenvalue weighted by Gasteiger charge is 2.60. The first-order valence-electron chi connectivity index (χ1n) is 28.3. The molecule has 89 heavy (non-hydrogen) atoms. The number of likely N-dealkylation sites (N-methyl/N-ethyl adjacent to an activating group) is 2. The van der Waals surface area contributed by atoms with Crippen molar-refractivity contribution in [1.82, 2.24) is 14.8 Å². The summed E-state index contributed by atoms with van der Waals surface area (Å²) in [6.07, 6.45) is 3.31. The van der Waals surface area contributed by atoms with Gasteiger partial charge in [0, 0.05) is 81.4 Å². The van der Waals surface area contributed by atoms with Crippen LogP contribution in [0, 0.1) is 35.1 Å². The molecule has 2 fully saturated rings. The third-order valence-corrected chi connectivity index (χ3v) is 59.1. The van der Waals surface area contributed by atoms with E-state index in [4.69, 9.17) is 29.5 Å². The van der Waals surface area contributed by atoms with E-state index in [1.165, 1.54) is 18.3 Å². The first-order chi connectivity index (χ1) is 42.5. The number of hydrogen-bond acceptors (Lipinski definition) is 14. The number of halogens is 4. The number of fused-ring (bicyclic) bond motifs is 2. The van der Waals surface area contributed by atoms with Gasteiger partial charge in [0.15, 0.2) is 23.0 Å². The van der Waals surface area contributed by atoms with Crippen LogP contribution in [-0.4, -0.2) is 94.7 Å². The number of carbonyl (C=O) groups excluding carboxylic acids is 4. The number of nitrogens with two attached hydrogens (primary N) is 1. The third kappa shape index (κ3) is 20.1. The SMILES string of the molecule is CCN1C[C@@]2(C[C@@H]2CO)n2cc(C(=O)CCc3ccc(F)cc3F)c(=O)c(OCc3ccccc3)c2C1=O.CCNC[C@]1(N)C[C@@H]1CO.CCOC(=O)c1occ(C(=O)CCc2ccc(F)cc2F)c(=O)c1OCc1ccccc1.PPP(P(P)P)P(P)P. The van der Waals surface area contributed by atoms with Crippen LogP contribution in [0.1, 0.15) is 110 Å². The molecule has 3 aliphatic rings. The van der Waals surface area contributed by atoms with E-state index < -0.39 is 68.7 Å². The summed E-state index contributed by atoms with van der Waals surface area (Å²) in [5.41, 5.74) is 4.93. The van der Waals surface area contributed by atoms with Gasteiger partial charge in [0.05, 0.1) is 17.7 Å². The maximum Gasteiger partial charge on any atom is 0.378 e. The summed E-state index contributed by atoms with van der Waals surface area (Å²) in [6, 6.07) is 24.2. The number of rotatable bonds is 25. The highest BCUT2D eigenvalue weighted by atomic mass is 33.2. The maximum absolute atomic E-state index is 14.1. The van der Waals surface area contributed by atoms with Crippen molar-refractivity contribution in [3.63, 3.8) is 0 Å². The molecule has 16 nitrogen and oxygen atoms in total. The Morgan fingerprint density at radius 2 is 1.26 bits per heavy atom. The average Bonchev–Trinajstić information content (AvgIpc) is 1.55. The number of benzene rings is 4. The van der Waals surface area contributed by atoms with E-state index in [0.717, 1.165) is 69.1 Å². The van der Waals surface area contributed by atoms with E-state index in [1.54, 1.807) is 40.7 Å². The van der Waals surface area contributed by atoms with Gasteiger partial charge in [-0.3, -0.25) is 24.0 Å². The number of hydrogen-bond donors (Lipinski definition) is 4. The molecule has 0 bridgehead atoms. The Hall–Kier alpha value is -3.91. The van der Waals surface area contributed by atoms with E-state index in [1.807, 2.05) is 43.3 Å². The first-order valence-corrected chi connectivity index (χ1v) is 43.8. The fourth-order valence-electron chi connectivity index (χ4n) is 9.71. The Labute approximate surface area is 531 Å². The lowest BCUT2D eigenvalue weighted by Crippen LogP contribution is -2.50. The molecule has 4 aromatic carbocycles. The van der Waals surface area contributed by atoms with Crippen LogP contribution in [0.5, 0.6) is 11.5 Å². The van der Waals surface area contributed by atoms with Gasteiger partial charge in [-0.05, 0) is 101 Å². The van der Waals surface area contributed by atoms with Crippen molar-refractivity contribution in [3.05, 3.63) is 198 Å². The molecule has 480 valence electrons. The van der Waals surface area contributed by atoms with Crippen LogP contribution in [0.4, 0.5) is 17.6 Å². The van der Waals surface area contributed by atoms with Crippen LogP contribution in [0.3, 0.4) is 0 Å². The fraction of sp³-hybridized carbons (Fsp3) is 0.367. The number of ketones is 2. The van der Waals surface area contributed by atoms with E-state index in [2.05, 4.69) is 56.9 Å². The predicted octanol–water partition coefficient (Wildman–Crippen LogP) is 12.3. The van der Waals surface area contributed by atoms with Crippen LogP contribution >= 0.6 is 73.6 Å². The Bertz CT molecular complexity index is 3520. The lowest BCUT2D eigenvalue weighted by Gasteiger charge is -2.37. The Kier molecular flexibility index (Phi) is 29.5. The number of ether oxygens (including phenoxy) is 3. The van der Waals surface area contributed by atoms with Crippen molar-refractivity contribution in [2.24, 2.45) is 17.6 Å². The third-order valence-electron chi connectivity index (χ3n) is 14.9. The number of carbonyl (C=O) groups is 4. The van der Waals surface area contributed by atoms with Crippen LogP contribution < -0.4 is 31.4 Å². The highest BCUT2D eigenvalue weighted by molar-refractivity contribution is 9.10. The van der Waals surface area contributed by atoms with Gasteiger partial charge in [-0.2, -0.15) is 0 Å². The zero-order valence-electron chi connectivity index (χ0n) is 49.3. The molecule has 1 spiro atoms. The quantitative estimate of drug-likeness (QED) is 0.0181. The fourth-order valence-corrected chi connectivity index (χ4v) is 70.8. The minimum absolute atomic E-state index is 0.0113. The predicted molar refractivity (Wildman–Crippen MR) is 364 cm³/mol. The van der Waals surface area contributed by atoms with Gasteiger partial charge in [-0.25, -0.2) is 22.4 Å². The lowest BCUT2D eigenvalue weighted by molar-refractivity contribution is 0.0476. The molecule has 3 heterocycles. The Morgan fingerprint density at radius 3 is 1.70 bits per heavy atom. The van der Waals surface area contributed by atoms with Crippen molar-refractivity contribution in [1.29, 1.82) is 0 Å². The molecule has 5 N–H and O–H groups in total. The number of nitrogens with zero attached hydrogens (tertiary/aromatic N) is 2. The first kappa shape index (κ1) is 74.1. The Morgan fingerprint density at radius 1 is 0.742 bits per heavy atom. The zero-order valence-corrected chi connectivity index (χ0v) is 58.8. The molecule has 6 aromatic rings. The summed E-state index contributed by atoms with van der Waals surface area (Å²) in [6.45, 7) is 8.82. The van der Waals surface area contributed by atoms with Gasteiger partial charge >= 0.3 is 5.97 Å². The number of pyridine rings is 1. The van der Waals surface area contributed by atoms with Crippen molar-refractivity contribution >= 4 is 97.0 Å². The number of amides is 1. The van der Waals surface area contributed by atoms with Crippen molar-refractivity contribution in [2.45, 2.75) is 83.6 Å². The summed E-state index contributed by atoms with van der Waals surface area (Å²) in [4.78, 5) is 79.8. The van der Waals surface area contributed by atoms with Gasteiger partial charge in [-0.1, -0.05) is 87.7 Å². The molecule has 0 saturated heterocycles. The molecule has 9 rings (SSSR count). The molecule has 2 saturated carbocycles. The minimum Gasteiger partial charge on any atom is -0.483 e. The molecule has 6 unspecified atom stereocenters. The van der Waals surface area contributed by atoms with Crippen LogP contribution in [0.15, 0.2) is 124 Å². The zero-order chi connectivity index (χ0) is 65.2. The van der Waals surface area contributed by atoms with Gasteiger partial charge < -0.3 is 49.4 Å². The number of esters is 1. The maximum atomic E-state index is 14.1.